The summed E-state index contributed by atoms with van der Waals surface area (Å²) in [6, 6.07) is 12.2. The maximum Gasteiger partial charge on any atom is 0.244 e. The molecule has 7 heteroatoms. The molecule has 2 saturated heterocycles. The summed E-state index contributed by atoms with van der Waals surface area (Å²) in [6.07, 6.45) is 2.41. The van der Waals surface area contributed by atoms with Gasteiger partial charge in [-0.2, -0.15) is 10.4 Å². The van der Waals surface area contributed by atoms with Crippen molar-refractivity contribution in [1.82, 2.24) is 15.1 Å². The van der Waals surface area contributed by atoms with E-state index in [1.165, 1.54) is 0 Å². The Kier molecular flexibility index (Phi) is 5.96. The number of hydrogen-bond acceptors (Lipinski definition) is 6. The largest absolute Gasteiger partial charge is 0.351 e. The van der Waals surface area contributed by atoms with Crippen molar-refractivity contribution in [2.75, 3.05) is 42.5 Å². The van der Waals surface area contributed by atoms with Gasteiger partial charge in [0.2, 0.25) is 5.91 Å². The Morgan fingerprint density at radius 1 is 1.03 bits per heavy atom. The van der Waals surface area contributed by atoms with Gasteiger partial charge in [-0.15, -0.1) is 5.10 Å². The quantitative estimate of drug-likeness (QED) is 0.762. The van der Waals surface area contributed by atoms with Crippen molar-refractivity contribution in [3.05, 3.63) is 47.2 Å². The summed E-state index contributed by atoms with van der Waals surface area (Å²) >= 11 is 0. The van der Waals surface area contributed by atoms with Gasteiger partial charge >= 0.3 is 0 Å². The van der Waals surface area contributed by atoms with Crippen LogP contribution in [0.1, 0.15) is 37.1 Å². The van der Waals surface area contributed by atoms with Crippen LogP contribution in [0, 0.1) is 11.3 Å². The van der Waals surface area contributed by atoms with Crippen LogP contribution in [0.15, 0.2) is 30.3 Å². The summed E-state index contributed by atoms with van der Waals surface area (Å²) in [5, 5.41) is 18.6. The highest BCUT2D eigenvalue weighted by molar-refractivity contribution is 5.99. The molecule has 156 valence electrons. The molecule has 2 fully saturated rings. The number of carbonyl (C=O) groups excluding carboxylic acids is 1. The lowest BCUT2D eigenvalue weighted by Crippen LogP contribution is -2.53. The summed E-state index contributed by atoms with van der Waals surface area (Å²) in [5.41, 5.74) is 3.55. The molecule has 0 radical (unpaired) electrons. The van der Waals surface area contributed by atoms with Crippen LogP contribution < -0.4 is 9.80 Å². The predicted octanol–water partition coefficient (Wildman–Crippen LogP) is 2.40. The first-order valence-corrected chi connectivity index (χ1v) is 10.8. The third-order valence-electron chi connectivity index (χ3n) is 6.24. The molecule has 1 atom stereocenters. The Labute approximate surface area is 177 Å². The minimum Gasteiger partial charge on any atom is -0.351 e. The highest BCUT2D eigenvalue weighted by Gasteiger charge is 2.38. The molecule has 0 bridgehead atoms. The van der Waals surface area contributed by atoms with Crippen molar-refractivity contribution >= 4 is 17.4 Å². The molecule has 4 rings (SSSR count). The van der Waals surface area contributed by atoms with E-state index in [4.69, 9.17) is 0 Å². The van der Waals surface area contributed by atoms with Gasteiger partial charge in [-0.1, -0.05) is 32.0 Å². The maximum atomic E-state index is 13.0. The number of nitriles is 1. The van der Waals surface area contributed by atoms with Crippen molar-refractivity contribution in [2.24, 2.45) is 0 Å². The zero-order valence-corrected chi connectivity index (χ0v) is 17.7. The average Bonchev–Trinajstić information content (AvgIpc) is 3.19. The third kappa shape index (κ3) is 3.63. The molecule has 0 unspecified atom stereocenters. The first-order valence-electron chi connectivity index (χ1n) is 10.8. The van der Waals surface area contributed by atoms with Gasteiger partial charge in [0.15, 0.2) is 5.82 Å². The van der Waals surface area contributed by atoms with Crippen LogP contribution in [0.5, 0.6) is 0 Å². The first-order chi connectivity index (χ1) is 14.7. The van der Waals surface area contributed by atoms with E-state index in [9.17, 15) is 10.1 Å². The molecule has 0 N–H and O–H groups in total. The molecule has 1 aromatic carbocycles. The van der Waals surface area contributed by atoms with E-state index in [1.54, 1.807) is 0 Å². The minimum atomic E-state index is -0.0671. The lowest BCUT2D eigenvalue weighted by molar-refractivity contribution is -0.121. The van der Waals surface area contributed by atoms with Gasteiger partial charge in [0.1, 0.15) is 11.6 Å². The monoisotopic (exact) mass is 404 g/mol. The van der Waals surface area contributed by atoms with Gasteiger partial charge in [0, 0.05) is 38.4 Å². The third-order valence-corrected chi connectivity index (χ3v) is 6.24. The topological polar surface area (TPSA) is 76.4 Å². The second-order valence-corrected chi connectivity index (χ2v) is 7.80. The Hall–Kier alpha value is -2.98. The Morgan fingerprint density at radius 2 is 1.77 bits per heavy atom. The second-order valence-electron chi connectivity index (χ2n) is 7.80. The summed E-state index contributed by atoms with van der Waals surface area (Å²) in [6.45, 7) is 7.91. The van der Waals surface area contributed by atoms with E-state index in [0.29, 0.717) is 11.4 Å². The zero-order valence-electron chi connectivity index (χ0n) is 17.7. The molecule has 0 saturated carbocycles. The lowest BCUT2D eigenvalue weighted by Gasteiger charge is -2.38. The first kappa shape index (κ1) is 20.3. The Balaban J connectivity index is 1.45. The van der Waals surface area contributed by atoms with E-state index in [0.717, 1.165) is 68.9 Å². The number of benzene rings is 1. The van der Waals surface area contributed by atoms with Crippen LogP contribution in [0.2, 0.25) is 0 Å². The molecule has 0 spiro atoms. The van der Waals surface area contributed by atoms with Crippen LogP contribution in [0.3, 0.4) is 0 Å². The van der Waals surface area contributed by atoms with Crippen LogP contribution in [-0.4, -0.2) is 59.8 Å². The van der Waals surface area contributed by atoms with Gasteiger partial charge in [0.25, 0.3) is 0 Å². The van der Waals surface area contributed by atoms with E-state index in [-0.39, 0.29) is 11.9 Å². The Bertz CT molecular complexity index is 946. The number of piperazine rings is 1. The van der Waals surface area contributed by atoms with Gasteiger partial charge in [-0.3, -0.25) is 9.69 Å². The van der Waals surface area contributed by atoms with Crippen LogP contribution in [0.4, 0.5) is 11.5 Å². The molecule has 0 aliphatic carbocycles. The fraction of sp³-hybridized carbons (Fsp3) is 0.478. The fourth-order valence-corrected chi connectivity index (χ4v) is 4.61. The van der Waals surface area contributed by atoms with E-state index < -0.39 is 0 Å². The molecule has 2 aromatic rings. The van der Waals surface area contributed by atoms with E-state index in [1.807, 2.05) is 42.2 Å². The van der Waals surface area contributed by atoms with Crippen LogP contribution in [0.25, 0.3) is 0 Å². The van der Waals surface area contributed by atoms with Crippen molar-refractivity contribution in [3.63, 3.8) is 0 Å². The van der Waals surface area contributed by atoms with Crippen molar-refractivity contribution in [1.29, 1.82) is 5.26 Å². The number of rotatable bonds is 5. The predicted molar refractivity (Wildman–Crippen MR) is 116 cm³/mol. The molecule has 3 heterocycles. The summed E-state index contributed by atoms with van der Waals surface area (Å²) < 4.78 is 0. The molecular formula is C23H28N6O. The normalized spacial score (nSPS) is 19.9. The minimum absolute atomic E-state index is 0.0671. The Morgan fingerprint density at radius 3 is 2.40 bits per heavy atom. The molecule has 7 nitrogen and oxygen atoms in total. The smallest absolute Gasteiger partial charge is 0.244 e. The standard InChI is InChI=1S/C23H28N6O/c1-3-18-19(16-24)22(26-25-20(18)4-2)28-14-12-27(13-15-28)21-10-11-29(23(21)30)17-8-6-5-7-9-17/h5-9,21H,3-4,10-15H2,1-2H3/t21-/m0/s1. The molecule has 2 aliphatic rings. The molecular weight excluding hydrogens is 376 g/mol. The summed E-state index contributed by atoms with van der Waals surface area (Å²) in [7, 11) is 0. The fourth-order valence-electron chi connectivity index (χ4n) is 4.61. The number of amides is 1. The number of nitrogens with zero attached hydrogens (tertiary/aromatic N) is 6. The maximum absolute atomic E-state index is 13.0. The number of aryl methyl sites for hydroxylation is 1. The molecule has 30 heavy (non-hydrogen) atoms. The van der Waals surface area contributed by atoms with Gasteiger partial charge in [0.05, 0.1) is 11.7 Å². The molecule has 1 amide bonds. The van der Waals surface area contributed by atoms with Crippen molar-refractivity contribution in [2.45, 2.75) is 39.2 Å². The summed E-state index contributed by atoms with van der Waals surface area (Å²) in [5.74, 6) is 0.877. The summed E-state index contributed by atoms with van der Waals surface area (Å²) in [4.78, 5) is 19.3. The highest BCUT2D eigenvalue weighted by atomic mass is 16.2. The zero-order chi connectivity index (χ0) is 21.1. The number of hydrogen-bond donors (Lipinski definition) is 0. The lowest BCUT2D eigenvalue weighted by atomic mass is 10.0. The number of carbonyl (C=O) groups is 1. The number of para-hydroxylation sites is 1. The van der Waals surface area contributed by atoms with Gasteiger partial charge in [-0.25, -0.2) is 0 Å². The van der Waals surface area contributed by atoms with E-state index in [2.05, 4.69) is 33.0 Å². The van der Waals surface area contributed by atoms with Crippen LogP contribution >= 0.6 is 0 Å². The SMILES string of the molecule is CCc1nnc(N2CCN([C@H]3CCN(c4ccccc4)C3=O)CC2)c(C#N)c1CC. The van der Waals surface area contributed by atoms with E-state index >= 15 is 0 Å². The molecule has 2 aliphatic heterocycles. The second kappa shape index (κ2) is 8.80. The number of aromatic nitrogens is 2. The van der Waals surface area contributed by atoms with Crippen molar-refractivity contribution < 1.29 is 4.79 Å². The van der Waals surface area contributed by atoms with Crippen molar-refractivity contribution in [3.8, 4) is 6.07 Å². The number of anilines is 2. The van der Waals surface area contributed by atoms with Gasteiger partial charge < -0.3 is 9.80 Å². The highest BCUT2D eigenvalue weighted by Crippen LogP contribution is 2.27. The van der Waals surface area contributed by atoms with Crippen LogP contribution in [-0.2, 0) is 17.6 Å². The molecule has 1 aromatic heterocycles. The van der Waals surface area contributed by atoms with Gasteiger partial charge in [-0.05, 0) is 37.0 Å². The average molecular weight is 405 g/mol.